The molecule has 0 saturated carbocycles. The number of nitrogens with zero attached hydrogens (tertiary/aromatic N) is 3. The molecule has 0 amide bonds. The van der Waals surface area contributed by atoms with Crippen molar-refractivity contribution in [3.63, 3.8) is 0 Å². The molecule has 24 heavy (non-hydrogen) atoms. The Morgan fingerprint density at radius 2 is 2.38 bits per heavy atom. The molecule has 1 atom stereocenters. The van der Waals surface area contributed by atoms with E-state index in [0.717, 1.165) is 18.1 Å². The van der Waals surface area contributed by atoms with Gasteiger partial charge in [-0.2, -0.15) is 0 Å². The molecule has 0 spiro atoms. The highest BCUT2D eigenvalue weighted by Crippen LogP contribution is 2.24. The van der Waals surface area contributed by atoms with Crippen LogP contribution in [-0.4, -0.2) is 39.5 Å². The molecule has 1 N–H and O–H groups in total. The average molecular weight is 363 g/mol. The maximum Gasteiger partial charge on any atom is 0.258 e. The number of aromatic nitrogens is 3. The van der Waals surface area contributed by atoms with Crippen molar-refractivity contribution in [1.29, 1.82) is 0 Å². The van der Waals surface area contributed by atoms with E-state index in [2.05, 4.69) is 19.9 Å². The molecule has 1 aliphatic rings. The van der Waals surface area contributed by atoms with Crippen molar-refractivity contribution >= 4 is 33.8 Å². The van der Waals surface area contributed by atoms with Crippen molar-refractivity contribution in [2.24, 2.45) is 0 Å². The highest BCUT2D eigenvalue weighted by Gasteiger charge is 2.24. The maximum absolute atomic E-state index is 12.2. The fourth-order valence-corrected chi connectivity index (χ4v) is 3.68. The predicted octanol–water partition coefficient (Wildman–Crippen LogP) is 2.61. The van der Waals surface area contributed by atoms with Crippen LogP contribution in [0.5, 0.6) is 0 Å². The van der Waals surface area contributed by atoms with Gasteiger partial charge in [0.1, 0.15) is 16.9 Å². The summed E-state index contributed by atoms with van der Waals surface area (Å²) in [6, 6.07) is 5.15. The van der Waals surface area contributed by atoms with E-state index < -0.39 is 0 Å². The van der Waals surface area contributed by atoms with Gasteiger partial charge in [-0.15, -0.1) is 11.3 Å². The Balaban J connectivity index is 1.55. The van der Waals surface area contributed by atoms with Crippen molar-refractivity contribution in [2.75, 3.05) is 19.7 Å². The number of thiazole rings is 1. The summed E-state index contributed by atoms with van der Waals surface area (Å²) in [6.45, 7) is 2.73. The van der Waals surface area contributed by atoms with E-state index in [1.165, 1.54) is 0 Å². The van der Waals surface area contributed by atoms with Gasteiger partial charge < -0.3 is 9.72 Å². The van der Waals surface area contributed by atoms with E-state index in [9.17, 15) is 4.79 Å². The molecule has 0 bridgehead atoms. The molecule has 3 aromatic rings. The van der Waals surface area contributed by atoms with Crippen LogP contribution < -0.4 is 5.56 Å². The van der Waals surface area contributed by atoms with E-state index in [-0.39, 0.29) is 11.7 Å². The highest BCUT2D eigenvalue weighted by molar-refractivity contribution is 7.09. The Bertz CT molecular complexity index is 912. The molecule has 1 unspecified atom stereocenters. The van der Waals surface area contributed by atoms with Gasteiger partial charge in [0.05, 0.1) is 24.1 Å². The number of nitrogens with one attached hydrogen (secondary N) is 1. The van der Waals surface area contributed by atoms with Crippen molar-refractivity contribution in [3.05, 3.63) is 56.0 Å². The number of H-pyrrole nitrogens is 1. The lowest BCUT2D eigenvalue weighted by molar-refractivity contribution is -0.0337. The van der Waals surface area contributed by atoms with E-state index in [1.54, 1.807) is 35.7 Å². The largest absolute Gasteiger partial charge is 0.368 e. The summed E-state index contributed by atoms with van der Waals surface area (Å²) >= 11 is 7.54. The number of morpholine rings is 1. The van der Waals surface area contributed by atoms with Crippen LogP contribution in [0.1, 0.15) is 16.9 Å². The molecular weight excluding hydrogens is 348 g/mol. The molecule has 4 rings (SSSR count). The first-order valence-corrected chi connectivity index (χ1v) is 8.86. The van der Waals surface area contributed by atoms with Gasteiger partial charge in [-0.3, -0.25) is 9.69 Å². The Morgan fingerprint density at radius 3 is 3.21 bits per heavy atom. The van der Waals surface area contributed by atoms with Gasteiger partial charge in [-0.1, -0.05) is 11.6 Å². The summed E-state index contributed by atoms with van der Waals surface area (Å²) in [6.07, 6.45) is 1.76. The molecule has 1 aromatic carbocycles. The quantitative estimate of drug-likeness (QED) is 0.775. The number of benzene rings is 1. The smallest absolute Gasteiger partial charge is 0.258 e. The van der Waals surface area contributed by atoms with E-state index >= 15 is 0 Å². The number of rotatable bonds is 3. The second kappa shape index (κ2) is 6.60. The van der Waals surface area contributed by atoms with Crippen LogP contribution in [0.15, 0.2) is 34.6 Å². The fourth-order valence-electron chi connectivity index (χ4n) is 2.84. The molecule has 1 aliphatic heterocycles. The Morgan fingerprint density at radius 1 is 1.46 bits per heavy atom. The van der Waals surface area contributed by atoms with Crippen LogP contribution in [0.4, 0.5) is 0 Å². The first-order valence-electron chi connectivity index (χ1n) is 7.61. The normalized spacial score (nSPS) is 19.0. The summed E-state index contributed by atoms with van der Waals surface area (Å²) < 4.78 is 5.80. The van der Waals surface area contributed by atoms with Crippen molar-refractivity contribution in [2.45, 2.75) is 12.6 Å². The lowest BCUT2D eigenvalue weighted by Gasteiger charge is -2.31. The standard InChI is InChI=1S/C16H15ClN4O2S/c17-10-1-2-12-11(7-10)15(22)20-14(19-12)9-21-4-5-23-13(8-21)16-18-3-6-24-16/h1-3,6-7,13H,4-5,8-9H2,(H,19,20,22). The first-order chi connectivity index (χ1) is 11.7. The number of halogens is 1. The maximum atomic E-state index is 12.2. The van der Waals surface area contributed by atoms with Gasteiger partial charge in [0.2, 0.25) is 0 Å². The molecule has 0 radical (unpaired) electrons. The molecule has 3 heterocycles. The third-order valence-corrected chi connectivity index (χ3v) is 5.07. The Kier molecular flexibility index (Phi) is 4.32. The summed E-state index contributed by atoms with van der Waals surface area (Å²) in [4.78, 5) is 26.2. The minimum absolute atomic E-state index is 0.0234. The number of hydrogen-bond acceptors (Lipinski definition) is 6. The van der Waals surface area contributed by atoms with Crippen LogP contribution in [-0.2, 0) is 11.3 Å². The molecule has 8 heteroatoms. The number of hydrogen-bond donors (Lipinski definition) is 1. The second-order valence-electron chi connectivity index (χ2n) is 5.64. The molecule has 6 nitrogen and oxygen atoms in total. The van der Waals surface area contributed by atoms with Crippen molar-refractivity contribution in [3.8, 4) is 0 Å². The van der Waals surface area contributed by atoms with Gasteiger partial charge >= 0.3 is 0 Å². The molecule has 1 fully saturated rings. The van der Waals surface area contributed by atoms with Crippen LogP contribution in [0.2, 0.25) is 5.02 Å². The van der Waals surface area contributed by atoms with Crippen LogP contribution in [0.25, 0.3) is 10.9 Å². The van der Waals surface area contributed by atoms with E-state index in [0.29, 0.717) is 34.9 Å². The molecule has 2 aromatic heterocycles. The molecule has 0 aliphatic carbocycles. The van der Waals surface area contributed by atoms with E-state index in [1.807, 2.05) is 5.38 Å². The molecule has 124 valence electrons. The Hall–Kier alpha value is -1.80. The number of aromatic amines is 1. The van der Waals surface area contributed by atoms with Crippen molar-refractivity contribution in [1.82, 2.24) is 19.9 Å². The van der Waals surface area contributed by atoms with Gasteiger partial charge in [-0.25, -0.2) is 9.97 Å². The minimum Gasteiger partial charge on any atom is -0.368 e. The molecule has 1 saturated heterocycles. The van der Waals surface area contributed by atoms with Crippen LogP contribution in [0, 0.1) is 0 Å². The van der Waals surface area contributed by atoms with Gasteiger partial charge in [-0.05, 0) is 18.2 Å². The third-order valence-electron chi connectivity index (χ3n) is 3.97. The topological polar surface area (TPSA) is 71.1 Å². The number of fused-ring (bicyclic) bond motifs is 1. The van der Waals surface area contributed by atoms with E-state index in [4.69, 9.17) is 16.3 Å². The van der Waals surface area contributed by atoms with Crippen molar-refractivity contribution < 1.29 is 4.74 Å². The first kappa shape index (κ1) is 15.7. The second-order valence-corrected chi connectivity index (χ2v) is 7.00. The van der Waals surface area contributed by atoms with Crippen LogP contribution >= 0.6 is 22.9 Å². The fraction of sp³-hybridized carbons (Fsp3) is 0.312. The Labute approximate surface area is 147 Å². The number of ether oxygens (including phenoxy) is 1. The van der Waals surface area contributed by atoms with Gasteiger partial charge in [0, 0.05) is 29.7 Å². The van der Waals surface area contributed by atoms with Crippen LogP contribution in [0.3, 0.4) is 0 Å². The SMILES string of the molecule is O=c1[nH]c(CN2CCOC(c3nccs3)C2)nc2ccc(Cl)cc12. The molecular formula is C16H15ClN4O2S. The van der Waals surface area contributed by atoms with Gasteiger partial charge in [0.15, 0.2) is 0 Å². The van der Waals surface area contributed by atoms with Gasteiger partial charge in [0.25, 0.3) is 5.56 Å². The summed E-state index contributed by atoms with van der Waals surface area (Å²) in [7, 11) is 0. The summed E-state index contributed by atoms with van der Waals surface area (Å²) in [5.74, 6) is 0.648. The lowest BCUT2D eigenvalue weighted by atomic mass is 10.2. The monoisotopic (exact) mass is 362 g/mol. The average Bonchev–Trinajstić information content (AvgIpc) is 3.10. The summed E-state index contributed by atoms with van der Waals surface area (Å²) in [5, 5.41) is 3.97. The minimum atomic E-state index is -0.165. The zero-order valence-electron chi connectivity index (χ0n) is 12.7. The zero-order chi connectivity index (χ0) is 16.5. The predicted molar refractivity (Wildman–Crippen MR) is 93.5 cm³/mol. The highest BCUT2D eigenvalue weighted by atomic mass is 35.5. The third kappa shape index (κ3) is 3.21. The lowest BCUT2D eigenvalue weighted by Crippen LogP contribution is -2.38. The zero-order valence-corrected chi connectivity index (χ0v) is 14.3. The summed E-state index contributed by atoms with van der Waals surface area (Å²) in [5.41, 5.74) is 0.491.